The van der Waals surface area contributed by atoms with Gasteiger partial charge >= 0.3 is 0 Å². The van der Waals surface area contributed by atoms with Gasteiger partial charge < -0.3 is 31.0 Å². The largest absolute Gasteiger partial charge is 0.479 e. The summed E-state index contributed by atoms with van der Waals surface area (Å²) in [5.74, 6) is 0.339. The molecule has 3 aromatic rings. The fourth-order valence-corrected chi connectivity index (χ4v) is 3.60. The van der Waals surface area contributed by atoms with E-state index in [4.69, 9.17) is 15.9 Å². The van der Waals surface area contributed by atoms with Gasteiger partial charge in [0.25, 0.3) is 5.91 Å². The number of hydrogen-bond acceptors (Lipinski definition) is 11. The van der Waals surface area contributed by atoms with Crippen molar-refractivity contribution in [1.82, 2.24) is 29.7 Å². The normalized spacial score (nSPS) is 10.6. The van der Waals surface area contributed by atoms with Crippen LogP contribution in [0, 0.1) is 5.41 Å². The first-order chi connectivity index (χ1) is 15.2. The summed E-state index contributed by atoms with van der Waals surface area (Å²) < 4.78 is 5.27. The predicted molar refractivity (Wildman–Crippen MR) is 122 cm³/mol. The van der Waals surface area contributed by atoms with Crippen LogP contribution in [0.15, 0.2) is 12.4 Å². The van der Waals surface area contributed by atoms with Crippen molar-refractivity contribution in [2.24, 2.45) is 0 Å². The second kappa shape index (κ2) is 9.51. The van der Waals surface area contributed by atoms with E-state index in [2.05, 4.69) is 25.3 Å². The zero-order chi connectivity index (χ0) is 23.4. The molecule has 0 aliphatic heterocycles. The van der Waals surface area contributed by atoms with Gasteiger partial charge in [0.15, 0.2) is 10.8 Å². The van der Waals surface area contributed by atoms with Gasteiger partial charge in [-0.2, -0.15) is 4.98 Å². The van der Waals surface area contributed by atoms with Crippen LogP contribution >= 0.6 is 11.3 Å². The van der Waals surface area contributed by atoms with E-state index in [1.54, 1.807) is 27.2 Å². The lowest BCUT2D eigenvalue weighted by molar-refractivity contribution is -0.128. The fraction of sp³-hybridized carbons (Fsp3) is 0.316. The monoisotopic (exact) mass is 457 g/mol. The van der Waals surface area contributed by atoms with E-state index in [0.717, 1.165) is 17.6 Å². The van der Waals surface area contributed by atoms with E-state index in [1.807, 2.05) is 0 Å². The summed E-state index contributed by atoms with van der Waals surface area (Å²) in [4.78, 5) is 45.0. The quantitative estimate of drug-likeness (QED) is 0.424. The average molecular weight is 458 g/mol. The molecule has 0 radical (unpaired) electrons. The highest BCUT2D eigenvalue weighted by atomic mass is 32.1. The Balaban J connectivity index is 1.88. The number of ether oxygens (including phenoxy) is 1. The number of aromatic nitrogens is 4. The summed E-state index contributed by atoms with van der Waals surface area (Å²) in [6.45, 7) is 0.267. The van der Waals surface area contributed by atoms with Crippen LogP contribution in [0.2, 0.25) is 0 Å². The summed E-state index contributed by atoms with van der Waals surface area (Å²) in [7, 11) is 6.40. The van der Waals surface area contributed by atoms with Gasteiger partial charge in [-0.3, -0.25) is 9.59 Å². The third-order valence-corrected chi connectivity index (χ3v) is 5.49. The number of carbonyl (C=O) groups is 2. The van der Waals surface area contributed by atoms with Gasteiger partial charge in [0, 0.05) is 45.9 Å². The molecule has 13 heteroatoms. The Morgan fingerprint density at radius 3 is 2.69 bits per heavy atom. The van der Waals surface area contributed by atoms with E-state index < -0.39 is 0 Å². The highest BCUT2D eigenvalue weighted by molar-refractivity contribution is 7.19. The molecule has 0 saturated carbocycles. The average Bonchev–Trinajstić information content (AvgIpc) is 3.22. The number of carbonyl (C=O) groups excluding carboxylic acids is 2. The van der Waals surface area contributed by atoms with Crippen molar-refractivity contribution in [3.63, 3.8) is 0 Å². The number of rotatable bonds is 8. The number of methoxy groups -OCH3 is 1. The summed E-state index contributed by atoms with van der Waals surface area (Å²) >= 11 is 1.13. The first kappa shape index (κ1) is 22.8. The van der Waals surface area contributed by atoms with Gasteiger partial charge in [-0.15, -0.1) is 0 Å². The Hall–Kier alpha value is -3.87. The van der Waals surface area contributed by atoms with Crippen molar-refractivity contribution in [2.45, 2.75) is 6.42 Å². The predicted octanol–water partition coefficient (Wildman–Crippen LogP) is 1.36. The molecule has 0 fully saturated rings. The maximum atomic E-state index is 12.8. The second-order valence-electron chi connectivity index (χ2n) is 6.95. The van der Waals surface area contributed by atoms with Crippen molar-refractivity contribution in [2.75, 3.05) is 45.8 Å². The Morgan fingerprint density at radius 1 is 1.28 bits per heavy atom. The van der Waals surface area contributed by atoms with Crippen molar-refractivity contribution in [3.05, 3.63) is 23.0 Å². The van der Waals surface area contributed by atoms with Crippen LogP contribution in [0.3, 0.4) is 0 Å². The number of pyridine rings is 1. The fourth-order valence-electron chi connectivity index (χ4n) is 2.70. The number of nitrogens with zero attached hydrogens (tertiary/aromatic N) is 6. The molecular weight excluding hydrogens is 434 g/mol. The van der Waals surface area contributed by atoms with E-state index in [9.17, 15) is 9.59 Å². The summed E-state index contributed by atoms with van der Waals surface area (Å²) in [6, 6.07) is 1.61. The Labute approximate surface area is 188 Å². The van der Waals surface area contributed by atoms with Crippen LogP contribution in [0.1, 0.15) is 21.8 Å². The topological polar surface area (TPSA) is 163 Å². The van der Waals surface area contributed by atoms with E-state index >= 15 is 0 Å². The van der Waals surface area contributed by atoms with Crippen molar-refractivity contribution >= 4 is 57.0 Å². The highest BCUT2D eigenvalue weighted by Crippen LogP contribution is 2.32. The molecule has 4 N–H and O–H groups in total. The van der Waals surface area contributed by atoms with Crippen LogP contribution in [0.25, 0.3) is 10.3 Å². The minimum absolute atomic E-state index is 0.0679. The number of fused-ring (bicyclic) bond motifs is 1. The van der Waals surface area contributed by atoms with E-state index in [0.29, 0.717) is 27.4 Å². The number of nitrogen functional groups attached to an aromatic ring is 1. The van der Waals surface area contributed by atoms with Crippen molar-refractivity contribution in [3.8, 4) is 5.88 Å². The number of nitrogens with two attached hydrogens (primary N) is 1. The molecule has 0 atom stereocenters. The summed E-state index contributed by atoms with van der Waals surface area (Å²) in [5, 5.41) is 10.8. The third-order valence-electron chi connectivity index (χ3n) is 4.53. The minimum Gasteiger partial charge on any atom is -0.479 e. The summed E-state index contributed by atoms with van der Waals surface area (Å²) in [6.07, 6.45) is 2.65. The van der Waals surface area contributed by atoms with Gasteiger partial charge in [-0.05, 0) is 6.07 Å². The lowest BCUT2D eigenvalue weighted by Crippen LogP contribution is -2.32. The molecule has 0 aliphatic rings. The molecule has 32 heavy (non-hydrogen) atoms. The Morgan fingerprint density at radius 2 is 2.03 bits per heavy atom. The standard InChI is InChI=1S/C19H23N9O3S/c1-27(2)12(29)5-6-28(3)19(30)18-25-13-15(22-9-23-17(13)32-18)24-11-7-10(8-20)14(21)26-16(11)31-4/h7-9,20H,5-6H2,1-4H3,(H2,21,26)(H,22,23,24). The van der Waals surface area contributed by atoms with Gasteiger partial charge in [0.05, 0.1) is 7.11 Å². The maximum absolute atomic E-state index is 12.8. The number of anilines is 3. The third kappa shape index (κ3) is 4.72. The van der Waals surface area contributed by atoms with E-state index in [-0.39, 0.29) is 41.5 Å². The van der Waals surface area contributed by atoms with Crippen LogP contribution in [0.4, 0.5) is 17.3 Å². The van der Waals surface area contributed by atoms with Crippen LogP contribution in [0.5, 0.6) is 5.88 Å². The molecular formula is C19H23N9O3S. The van der Waals surface area contributed by atoms with E-state index in [1.165, 1.54) is 23.2 Å². The van der Waals surface area contributed by atoms with Crippen LogP contribution < -0.4 is 15.8 Å². The molecule has 0 aromatic carbocycles. The number of amides is 2. The number of thiazole rings is 1. The molecule has 0 bridgehead atoms. The molecule has 3 aromatic heterocycles. The SMILES string of the molecule is COc1nc(N)c(C=N)cc1Nc1ncnc2sc(C(=O)N(C)CCC(=O)N(C)C)nc12. The zero-order valence-electron chi connectivity index (χ0n) is 18.0. The molecule has 2 amide bonds. The lowest BCUT2D eigenvalue weighted by Gasteiger charge is -2.17. The summed E-state index contributed by atoms with van der Waals surface area (Å²) in [5.41, 5.74) is 7.05. The molecule has 0 unspecified atom stereocenters. The van der Waals surface area contributed by atoms with Gasteiger partial charge in [0.2, 0.25) is 11.8 Å². The van der Waals surface area contributed by atoms with Gasteiger partial charge in [-0.1, -0.05) is 11.3 Å². The maximum Gasteiger partial charge on any atom is 0.282 e. The second-order valence-corrected chi connectivity index (χ2v) is 7.93. The van der Waals surface area contributed by atoms with Crippen LogP contribution in [-0.2, 0) is 4.79 Å². The molecule has 3 rings (SSSR count). The zero-order valence-corrected chi connectivity index (χ0v) is 18.9. The molecule has 12 nitrogen and oxygen atoms in total. The van der Waals surface area contributed by atoms with Crippen molar-refractivity contribution in [1.29, 1.82) is 5.41 Å². The number of nitrogens with one attached hydrogen (secondary N) is 2. The number of hydrogen-bond donors (Lipinski definition) is 3. The Bertz CT molecular complexity index is 1180. The highest BCUT2D eigenvalue weighted by Gasteiger charge is 2.21. The molecule has 0 aliphatic carbocycles. The van der Waals surface area contributed by atoms with Crippen LogP contribution in [-0.4, -0.2) is 82.6 Å². The Kier molecular flexibility index (Phi) is 6.78. The molecule has 168 valence electrons. The van der Waals surface area contributed by atoms with Gasteiger partial charge in [-0.25, -0.2) is 15.0 Å². The van der Waals surface area contributed by atoms with Crippen molar-refractivity contribution < 1.29 is 14.3 Å². The lowest BCUT2D eigenvalue weighted by atomic mass is 10.2. The minimum atomic E-state index is -0.316. The molecule has 0 saturated heterocycles. The van der Waals surface area contributed by atoms with Gasteiger partial charge in [0.1, 0.15) is 28.2 Å². The first-order valence-electron chi connectivity index (χ1n) is 9.44. The first-order valence-corrected chi connectivity index (χ1v) is 10.3. The molecule has 0 spiro atoms. The molecule has 3 heterocycles. The smallest absolute Gasteiger partial charge is 0.282 e.